The van der Waals surface area contributed by atoms with Crippen molar-refractivity contribution in [3.05, 3.63) is 59.7 Å². The Morgan fingerprint density at radius 2 is 2.03 bits per heavy atom. The number of halogens is 1. The van der Waals surface area contributed by atoms with E-state index in [2.05, 4.69) is 0 Å². The molecule has 2 heterocycles. The van der Waals surface area contributed by atoms with Gasteiger partial charge in [-0.1, -0.05) is 12.1 Å². The topological polar surface area (TPSA) is 90.5 Å². The fraction of sp³-hybridized carbons (Fsp3) is 0.318. The van der Waals surface area contributed by atoms with Crippen LogP contribution in [0.15, 0.2) is 53.2 Å². The molecule has 3 rings (SSSR count). The molecular formula is C22H27FN4O3S. The van der Waals surface area contributed by atoms with Crippen LogP contribution < -0.4 is 5.73 Å². The van der Waals surface area contributed by atoms with Gasteiger partial charge in [-0.2, -0.15) is 0 Å². The van der Waals surface area contributed by atoms with Crippen LogP contribution in [-0.2, 0) is 27.9 Å². The van der Waals surface area contributed by atoms with Crippen LogP contribution in [0.1, 0.15) is 11.4 Å². The molecule has 0 saturated carbocycles. The predicted molar refractivity (Wildman–Crippen MR) is 120 cm³/mol. The highest BCUT2D eigenvalue weighted by Crippen LogP contribution is 2.35. The van der Waals surface area contributed by atoms with Gasteiger partial charge in [-0.3, -0.25) is 0 Å². The summed E-state index contributed by atoms with van der Waals surface area (Å²) in [6, 6.07) is 10.4. The van der Waals surface area contributed by atoms with E-state index in [4.69, 9.17) is 15.5 Å². The summed E-state index contributed by atoms with van der Waals surface area (Å²) in [6.07, 6.45) is 1.34. The summed E-state index contributed by atoms with van der Waals surface area (Å²) in [5, 5.41) is 0. The summed E-state index contributed by atoms with van der Waals surface area (Å²) < 4.78 is 47.8. The average Bonchev–Trinajstić information content (AvgIpc) is 2.99. The van der Waals surface area contributed by atoms with E-state index in [1.54, 1.807) is 25.3 Å². The third kappa shape index (κ3) is 4.54. The minimum Gasteiger partial charge on any atom is -0.378 e. The van der Waals surface area contributed by atoms with Crippen LogP contribution in [0.25, 0.3) is 22.2 Å². The highest BCUT2D eigenvalue weighted by atomic mass is 32.2. The molecule has 3 aromatic rings. The third-order valence-corrected chi connectivity index (χ3v) is 6.88. The fourth-order valence-corrected chi connectivity index (χ4v) is 4.47. The molecule has 0 radical (unpaired) electrons. The number of hydrogen-bond acceptors (Lipinski definition) is 5. The Hall–Kier alpha value is -2.59. The van der Waals surface area contributed by atoms with Crippen molar-refractivity contribution < 1.29 is 17.5 Å². The van der Waals surface area contributed by atoms with Crippen LogP contribution >= 0.6 is 0 Å². The smallest absolute Gasteiger partial charge is 0.242 e. The van der Waals surface area contributed by atoms with Gasteiger partial charge in [0.1, 0.15) is 5.83 Å². The van der Waals surface area contributed by atoms with E-state index in [1.165, 1.54) is 24.5 Å². The lowest BCUT2D eigenvalue weighted by Crippen LogP contribution is -2.22. The summed E-state index contributed by atoms with van der Waals surface area (Å²) in [4.78, 5) is 4.91. The lowest BCUT2D eigenvalue weighted by atomic mass is 10.1. The van der Waals surface area contributed by atoms with E-state index in [1.807, 2.05) is 29.7 Å². The van der Waals surface area contributed by atoms with Crippen LogP contribution in [0.4, 0.5) is 4.39 Å². The van der Waals surface area contributed by atoms with E-state index in [-0.39, 0.29) is 23.8 Å². The Balaban J connectivity index is 2.28. The molecule has 0 spiro atoms. The Labute approximate surface area is 182 Å². The Kier molecular flexibility index (Phi) is 6.90. The largest absolute Gasteiger partial charge is 0.378 e. The van der Waals surface area contributed by atoms with Crippen LogP contribution in [0.2, 0.25) is 0 Å². The second-order valence-electron chi connectivity index (χ2n) is 7.35. The maximum Gasteiger partial charge on any atom is 0.242 e. The van der Waals surface area contributed by atoms with E-state index in [0.29, 0.717) is 17.7 Å². The molecule has 1 aromatic carbocycles. The minimum atomic E-state index is -3.61. The number of allylic oxidation sites excluding steroid dienone is 1. The molecule has 0 fully saturated rings. The minimum absolute atomic E-state index is 0.0144. The number of aromatic nitrogens is 2. The number of sulfonamides is 1. The molecule has 0 bridgehead atoms. The first-order valence-corrected chi connectivity index (χ1v) is 11.2. The van der Waals surface area contributed by atoms with Gasteiger partial charge in [0.2, 0.25) is 10.0 Å². The van der Waals surface area contributed by atoms with E-state index in [0.717, 1.165) is 22.5 Å². The quantitative estimate of drug-likeness (QED) is 0.574. The fourth-order valence-electron chi connectivity index (χ4n) is 3.52. The number of nitrogens with zero attached hydrogens (tertiary/aromatic N) is 3. The normalized spacial score (nSPS) is 12.8. The van der Waals surface area contributed by atoms with E-state index in [9.17, 15) is 12.8 Å². The molecule has 0 unspecified atom stereocenters. The van der Waals surface area contributed by atoms with Gasteiger partial charge >= 0.3 is 0 Å². The number of methoxy groups -OCH3 is 1. The summed E-state index contributed by atoms with van der Waals surface area (Å²) in [5.41, 5.74) is 9.80. The van der Waals surface area contributed by atoms with Gasteiger partial charge in [-0.05, 0) is 42.8 Å². The number of benzene rings is 1. The van der Waals surface area contributed by atoms with Crippen LogP contribution in [0.5, 0.6) is 0 Å². The van der Waals surface area contributed by atoms with Crippen molar-refractivity contribution in [2.75, 3.05) is 27.7 Å². The zero-order valence-electron chi connectivity index (χ0n) is 18.1. The monoisotopic (exact) mass is 446 g/mol. The molecule has 0 saturated heterocycles. The number of rotatable bonds is 8. The van der Waals surface area contributed by atoms with E-state index >= 15 is 0 Å². The highest BCUT2D eigenvalue weighted by Gasteiger charge is 2.22. The second kappa shape index (κ2) is 9.27. The molecule has 7 nitrogen and oxygen atoms in total. The summed E-state index contributed by atoms with van der Waals surface area (Å²) in [6.45, 7) is 2.32. The molecule has 0 aliphatic rings. The maximum absolute atomic E-state index is 14.4. The van der Waals surface area contributed by atoms with Crippen molar-refractivity contribution in [3.8, 4) is 11.1 Å². The first kappa shape index (κ1) is 23.1. The van der Waals surface area contributed by atoms with Gasteiger partial charge in [0, 0.05) is 39.0 Å². The van der Waals surface area contributed by atoms with Gasteiger partial charge in [0.25, 0.3) is 0 Å². The van der Waals surface area contributed by atoms with Gasteiger partial charge < -0.3 is 15.0 Å². The molecule has 31 heavy (non-hydrogen) atoms. The van der Waals surface area contributed by atoms with Crippen molar-refractivity contribution in [3.63, 3.8) is 0 Å². The van der Waals surface area contributed by atoms with Crippen molar-refractivity contribution in [1.29, 1.82) is 0 Å². The number of hydrogen-bond donors (Lipinski definition) is 1. The molecule has 0 aliphatic heterocycles. The Morgan fingerprint density at radius 3 is 2.68 bits per heavy atom. The molecule has 2 aromatic heterocycles. The maximum atomic E-state index is 14.4. The van der Waals surface area contributed by atoms with E-state index < -0.39 is 10.0 Å². The van der Waals surface area contributed by atoms with Crippen molar-refractivity contribution in [1.82, 2.24) is 13.9 Å². The molecule has 0 amide bonds. The standard InChI is InChI=1S/C22H27FN4O3S/c1-15-21(16-6-5-7-19(12-16)31(28,29)26(2)3)22-20(9-8-18(25-22)14-30-4)27(15)13-17(23)10-11-24/h5-10,12H,11,13-14,24H2,1-4H3. The zero-order valence-corrected chi connectivity index (χ0v) is 18.9. The number of nitrogens with two attached hydrogens (primary N) is 1. The van der Waals surface area contributed by atoms with Gasteiger partial charge in [0.15, 0.2) is 0 Å². The molecule has 9 heteroatoms. The lowest BCUT2D eigenvalue weighted by Gasteiger charge is -2.12. The van der Waals surface area contributed by atoms with Crippen LogP contribution in [0.3, 0.4) is 0 Å². The Bertz CT molecular complexity index is 1230. The summed E-state index contributed by atoms with van der Waals surface area (Å²) in [5.74, 6) is -0.348. The third-order valence-electron chi connectivity index (χ3n) is 5.07. The first-order valence-electron chi connectivity index (χ1n) is 9.76. The van der Waals surface area contributed by atoms with Crippen molar-refractivity contribution in [2.24, 2.45) is 5.73 Å². The number of pyridine rings is 1. The van der Waals surface area contributed by atoms with Crippen LogP contribution in [0, 0.1) is 6.92 Å². The summed E-state index contributed by atoms with van der Waals surface area (Å²) in [7, 11) is 0.963. The predicted octanol–water partition coefficient (Wildman–Crippen LogP) is 3.22. The summed E-state index contributed by atoms with van der Waals surface area (Å²) >= 11 is 0. The molecule has 2 N–H and O–H groups in total. The SMILES string of the molecule is COCc1ccc2c(n1)c(-c1cccc(S(=O)(=O)N(C)C)c1)c(C)n2CC(F)=CCN. The van der Waals surface area contributed by atoms with Gasteiger partial charge in [-0.15, -0.1) is 0 Å². The molecule has 0 aliphatic carbocycles. The lowest BCUT2D eigenvalue weighted by molar-refractivity contribution is 0.182. The van der Waals surface area contributed by atoms with Gasteiger partial charge in [0.05, 0.1) is 34.8 Å². The second-order valence-corrected chi connectivity index (χ2v) is 9.50. The van der Waals surface area contributed by atoms with Crippen molar-refractivity contribution in [2.45, 2.75) is 25.0 Å². The number of ether oxygens (including phenoxy) is 1. The number of fused-ring (bicyclic) bond motifs is 1. The zero-order chi connectivity index (χ0) is 22.8. The molecule has 0 atom stereocenters. The molecular weight excluding hydrogens is 419 g/mol. The van der Waals surface area contributed by atoms with Gasteiger partial charge in [-0.25, -0.2) is 22.1 Å². The average molecular weight is 447 g/mol. The Morgan fingerprint density at radius 1 is 1.29 bits per heavy atom. The van der Waals surface area contributed by atoms with Crippen molar-refractivity contribution >= 4 is 21.1 Å². The first-order chi connectivity index (χ1) is 14.7. The highest BCUT2D eigenvalue weighted by molar-refractivity contribution is 7.89. The van der Waals surface area contributed by atoms with Crippen LogP contribution in [-0.4, -0.2) is 50.0 Å². The molecule has 166 valence electrons.